The third-order valence-corrected chi connectivity index (χ3v) is 7.58. The molecule has 0 aliphatic rings. The Morgan fingerprint density at radius 2 is 1.69 bits per heavy atom. The second-order valence-electron chi connectivity index (χ2n) is 9.91. The summed E-state index contributed by atoms with van der Waals surface area (Å²) in [6.45, 7) is 7.42. The van der Waals surface area contributed by atoms with Crippen molar-refractivity contribution in [2.24, 2.45) is 0 Å². The van der Waals surface area contributed by atoms with Crippen molar-refractivity contribution in [1.82, 2.24) is 9.88 Å². The molecule has 1 heterocycles. The molecule has 196 valence electrons. The Bertz CT molecular complexity index is 1680. The minimum atomic E-state index is -0.0943. The van der Waals surface area contributed by atoms with Gasteiger partial charge in [-0.25, -0.2) is 0 Å². The Hall–Kier alpha value is -4.64. The zero-order valence-electron chi connectivity index (χ0n) is 22.7. The maximum Gasteiger partial charge on any atom is 0.251 e. The molecule has 0 fully saturated rings. The second-order valence-corrected chi connectivity index (χ2v) is 9.91. The summed E-state index contributed by atoms with van der Waals surface area (Å²) in [5, 5.41) is 4.14. The van der Waals surface area contributed by atoms with Crippen LogP contribution in [-0.4, -0.2) is 23.9 Å². The van der Waals surface area contributed by atoms with Crippen LogP contribution >= 0.6 is 0 Å². The molecule has 0 aliphatic heterocycles. The molecule has 1 amide bonds. The molecular formula is C34H32N2O3. The van der Waals surface area contributed by atoms with Crippen molar-refractivity contribution >= 4 is 23.1 Å². The van der Waals surface area contributed by atoms with E-state index in [-0.39, 0.29) is 5.91 Å². The number of methoxy groups -OCH3 is 1. The van der Waals surface area contributed by atoms with Crippen LogP contribution in [0, 0.1) is 20.8 Å². The highest BCUT2D eigenvalue weighted by Gasteiger charge is 2.15. The van der Waals surface area contributed by atoms with Crippen LogP contribution in [0.2, 0.25) is 0 Å². The Morgan fingerprint density at radius 3 is 2.41 bits per heavy atom. The lowest BCUT2D eigenvalue weighted by Gasteiger charge is -2.11. The van der Waals surface area contributed by atoms with Crippen molar-refractivity contribution in [2.45, 2.75) is 33.9 Å². The Morgan fingerprint density at radius 1 is 0.923 bits per heavy atom. The summed E-state index contributed by atoms with van der Waals surface area (Å²) in [5.74, 6) is 0.714. The smallest absolute Gasteiger partial charge is 0.251 e. The topological polar surface area (TPSA) is 60.3 Å². The average Bonchev–Trinajstić information content (AvgIpc) is 3.20. The first kappa shape index (κ1) is 26.0. The lowest BCUT2D eigenvalue weighted by Crippen LogP contribution is -2.23. The predicted octanol–water partition coefficient (Wildman–Crippen LogP) is 7.03. The van der Waals surface area contributed by atoms with E-state index in [1.807, 2.05) is 67.6 Å². The zero-order chi connectivity index (χ0) is 27.5. The molecule has 0 radical (unpaired) electrons. The minimum absolute atomic E-state index is 0.0943. The van der Waals surface area contributed by atoms with Crippen molar-refractivity contribution in [2.75, 3.05) is 7.11 Å². The number of benzene rings is 4. The van der Waals surface area contributed by atoms with Crippen LogP contribution in [0.15, 0.2) is 84.9 Å². The van der Waals surface area contributed by atoms with Gasteiger partial charge in [-0.05, 0) is 84.5 Å². The Kier molecular flexibility index (Phi) is 7.33. The third-order valence-electron chi connectivity index (χ3n) is 7.58. The molecule has 0 spiro atoms. The molecule has 5 nitrogen and oxygen atoms in total. The number of aryl methyl sites for hydroxylation is 2. The third kappa shape index (κ3) is 5.21. The van der Waals surface area contributed by atoms with Crippen molar-refractivity contribution in [1.29, 1.82) is 0 Å². The maximum absolute atomic E-state index is 13.0. The van der Waals surface area contributed by atoms with Gasteiger partial charge >= 0.3 is 0 Å². The first-order valence-electron chi connectivity index (χ1n) is 13.0. The molecule has 5 rings (SSSR count). The van der Waals surface area contributed by atoms with Crippen molar-refractivity contribution in [3.63, 3.8) is 0 Å². The summed E-state index contributed by atoms with van der Waals surface area (Å²) in [5.41, 5.74) is 10.0. The van der Waals surface area contributed by atoms with Crippen molar-refractivity contribution in [3.05, 3.63) is 124 Å². The molecular weight excluding hydrogens is 484 g/mol. The monoisotopic (exact) mass is 516 g/mol. The molecule has 1 N–H and O–H groups in total. The number of nitrogens with zero attached hydrogens (tertiary/aromatic N) is 1. The zero-order valence-corrected chi connectivity index (χ0v) is 22.7. The highest BCUT2D eigenvalue weighted by molar-refractivity contribution is 5.99. The minimum Gasteiger partial charge on any atom is -0.497 e. The van der Waals surface area contributed by atoms with Crippen LogP contribution in [0.1, 0.15) is 48.7 Å². The largest absolute Gasteiger partial charge is 0.497 e. The van der Waals surface area contributed by atoms with Gasteiger partial charge in [0.15, 0.2) is 6.29 Å². The van der Waals surface area contributed by atoms with Crippen LogP contribution in [0.5, 0.6) is 5.75 Å². The molecule has 4 aromatic carbocycles. The number of carbonyl (C=O) groups excluding carboxylic acids is 2. The second kappa shape index (κ2) is 11.0. The Labute approximate surface area is 229 Å². The van der Waals surface area contributed by atoms with Crippen LogP contribution in [0.4, 0.5) is 0 Å². The van der Waals surface area contributed by atoms with Crippen molar-refractivity contribution in [3.8, 4) is 16.9 Å². The quantitative estimate of drug-likeness (QED) is 0.225. The van der Waals surface area contributed by atoms with Gasteiger partial charge in [0.2, 0.25) is 0 Å². The fraction of sp³-hybridized carbons (Fsp3) is 0.176. The van der Waals surface area contributed by atoms with Crippen LogP contribution in [-0.2, 0) is 13.1 Å². The Balaban J connectivity index is 1.35. The molecule has 0 unspecified atom stereocenters. The number of amides is 1. The molecule has 1 aromatic heterocycles. The van der Waals surface area contributed by atoms with Crippen LogP contribution < -0.4 is 10.1 Å². The van der Waals surface area contributed by atoms with E-state index in [1.54, 1.807) is 7.11 Å². The predicted molar refractivity (Wildman–Crippen MR) is 157 cm³/mol. The highest BCUT2D eigenvalue weighted by atomic mass is 16.5. The van der Waals surface area contributed by atoms with E-state index < -0.39 is 0 Å². The number of nitrogens with one attached hydrogen (secondary N) is 1. The molecule has 0 saturated heterocycles. The number of hydrogen-bond acceptors (Lipinski definition) is 3. The summed E-state index contributed by atoms with van der Waals surface area (Å²) < 4.78 is 7.57. The number of ether oxygens (including phenoxy) is 1. The molecule has 0 saturated carbocycles. The first-order chi connectivity index (χ1) is 18.9. The SMILES string of the molecule is COc1ccc(CNC(=O)c2ccc3c(c2)c(C)c(C)n3Cc2ccc(-c3ccccc3C=O)cc2)c(C)c1. The van der Waals surface area contributed by atoms with E-state index in [0.717, 1.165) is 45.2 Å². The molecule has 0 atom stereocenters. The lowest BCUT2D eigenvalue weighted by atomic mass is 9.99. The number of rotatable bonds is 8. The highest BCUT2D eigenvalue weighted by Crippen LogP contribution is 2.29. The average molecular weight is 517 g/mol. The van der Waals surface area contributed by atoms with Gasteiger partial charge in [0, 0.05) is 40.8 Å². The molecule has 5 aromatic rings. The van der Waals surface area contributed by atoms with Gasteiger partial charge in [0.1, 0.15) is 5.75 Å². The molecule has 39 heavy (non-hydrogen) atoms. The molecule has 5 heteroatoms. The van der Waals surface area contributed by atoms with Gasteiger partial charge in [-0.15, -0.1) is 0 Å². The number of aldehydes is 1. The van der Waals surface area contributed by atoms with E-state index in [9.17, 15) is 9.59 Å². The standard InChI is InChI=1S/C34H32N2O3/c1-22-17-30(39-4)15-13-28(22)19-35-34(38)27-14-16-33-32(18-27)23(2)24(3)36(33)20-25-9-11-26(12-10-25)31-8-6-5-7-29(31)21-37/h5-18,21H,19-20H2,1-4H3,(H,35,38). The van der Waals surface area contributed by atoms with Gasteiger partial charge < -0.3 is 14.6 Å². The van der Waals surface area contributed by atoms with E-state index in [4.69, 9.17) is 4.74 Å². The summed E-state index contributed by atoms with van der Waals surface area (Å²) in [6, 6.07) is 27.8. The van der Waals surface area contributed by atoms with Crippen LogP contribution in [0.3, 0.4) is 0 Å². The fourth-order valence-corrected chi connectivity index (χ4v) is 5.10. The van der Waals surface area contributed by atoms with Crippen LogP contribution in [0.25, 0.3) is 22.0 Å². The molecule has 0 bridgehead atoms. The van der Waals surface area contributed by atoms with E-state index in [0.29, 0.717) is 24.2 Å². The summed E-state index contributed by atoms with van der Waals surface area (Å²) in [7, 11) is 1.65. The lowest BCUT2D eigenvalue weighted by molar-refractivity contribution is 0.0950. The normalized spacial score (nSPS) is 11.0. The number of fused-ring (bicyclic) bond motifs is 1. The van der Waals surface area contributed by atoms with Gasteiger partial charge in [-0.3, -0.25) is 9.59 Å². The number of hydrogen-bond donors (Lipinski definition) is 1. The number of aromatic nitrogens is 1. The molecule has 0 aliphatic carbocycles. The summed E-state index contributed by atoms with van der Waals surface area (Å²) in [4.78, 5) is 24.5. The van der Waals surface area contributed by atoms with Gasteiger partial charge in [0.05, 0.1) is 7.11 Å². The fourth-order valence-electron chi connectivity index (χ4n) is 5.10. The van der Waals surface area contributed by atoms with Gasteiger partial charge in [-0.1, -0.05) is 54.6 Å². The van der Waals surface area contributed by atoms with Crippen molar-refractivity contribution < 1.29 is 14.3 Å². The van der Waals surface area contributed by atoms with E-state index in [1.165, 1.54) is 16.8 Å². The van der Waals surface area contributed by atoms with Gasteiger partial charge in [0.25, 0.3) is 5.91 Å². The van der Waals surface area contributed by atoms with E-state index >= 15 is 0 Å². The number of carbonyl (C=O) groups is 2. The summed E-state index contributed by atoms with van der Waals surface area (Å²) >= 11 is 0. The maximum atomic E-state index is 13.0. The van der Waals surface area contributed by atoms with E-state index in [2.05, 4.69) is 48.0 Å². The van der Waals surface area contributed by atoms with Gasteiger partial charge in [-0.2, -0.15) is 0 Å². The first-order valence-corrected chi connectivity index (χ1v) is 13.0. The summed E-state index contributed by atoms with van der Waals surface area (Å²) in [6.07, 6.45) is 0.899.